The average Bonchev–Trinajstić information content (AvgIpc) is 2.77. The molecule has 0 saturated heterocycles. The summed E-state index contributed by atoms with van der Waals surface area (Å²) < 4.78 is 26.7. The summed E-state index contributed by atoms with van der Waals surface area (Å²) in [7, 11) is -3.50. The molecule has 1 saturated carbocycles. The van der Waals surface area contributed by atoms with Crippen LogP contribution in [0.15, 0.2) is 23.1 Å². The number of sulfonamides is 1. The summed E-state index contributed by atoms with van der Waals surface area (Å²) >= 11 is 5.75. The Morgan fingerprint density at radius 1 is 1.47 bits per heavy atom. The van der Waals surface area contributed by atoms with E-state index in [2.05, 4.69) is 4.72 Å². The molecule has 6 heteroatoms. The quantitative estimate of drug-likeness (QED) is 0.828. The molecule has 1 fully saturated rings. The Morgan fingerprint density at radius 3 is 2.53 bits per heavy atom. The van der Waals surface area contributed by atoms with Crippen LogP contribution in [0, 0.1) is 5.41 Å². The van der Waals surface area contributed by atoms with Crippen LogP contribution in [0.1, 0.15) is 20.3 Å². The molecule has 1 aromatic rings. The van der Waals surface area contributed by atoms with Gasteiger partial charge in [0.05, 0.1) is 15.6 Å². The van der Waals surface area contributed by atoms with Crippen molar-refractivity contribution in [2.75, 3.05) is 5.73 Å². The Labute approximate surface area is 106 Å². The molecule has 0 spiro atoms. The number of nitrogens with one attached hydrogen (secondary N) is 1. The molecule has 94 valence electrons. The van der Waals surface area contributed by atoms with Gasteiger partial charge in [-0.3, -0.25) is 0 Å². The molecule has 17 heavy (non-hydrogen) atoms. The molecule has 1 unspecified atom stereocenters. The minimum absolute atomic E-state index is 0.00408. The van der Waals surface area contributed by atoms with E-state index in [4.69, 9.17) is 17.3 Å². The van der Waals surface area contributed by atoms with Crippen LogP contribution < -0.4 is 10.5 Å². The molecule has 0 aromatic heterocycles. The van der Waals surface area contributed by atoms with Gasteiger partial charge in [-0.25, -0.2) is 13.1 Å². The lowest BCUT2D eigenvalue weighted by Crippen LogP contribution is -2.28. The first-order chi connectivity index (χ1) is 7.72. The number of anilines is 1. The third-order valence-electron chi connectivity index (χ3n) is 3.09. The zero-order chi connectivity index (χ0) is 12.8. The van der Waals surface area contributed by atoms with E-state index < -0.39 is 10.0 Å². The summed E-state index contributed by atoms with van der Waals surface area (Å²) in [5, 5.41) is 0.357. The zero-order valence-corrected chi connectivity index (χ0v) is 11.3. The van der Waals surface area contributed by atoms with Crippen molar-refractivity contribution in [3.8, 4) is 0 Å². The van der Waals surface area contributed by atoms with Gasteiger partial charge in [-0.1, -0.05) is 25.4 Å². The third kappa shape index (κ3) is 2.56. The number of hydrogen-bond acceptors (Lipinski definition) is 3. The maximum absolute atomic E-state index is 12.0. The van der Waals surface area contributed by atoms with Gasteiger partial charge >= 0.3 is 0 Å². The molecule has 4 nitrogen and oxygen atoms in total. The topological polar surface area (TPSA) is 72.2 Å². The van der Waals surface area contributed by atoms with Crippen LogP contribution in [0.25, 0.3) is 0 Å². The first-order valence-electron chi connectivity index (χ1n) is 5.30. The first-order valence-corrected chi connectivity index (χ1v) is 7.16. The number of hydrogen-bond donors (Lipinski definition) is 2. The van der Waals surface area contributed by atoms with Crippen LogP contribution in [0.4, 0.5) is 5.69 Å². The fraction of sp³-hybridized carbons (Fsp3) is 0.455. The predicted molar refractivity (Wildman–Crippen MR) is 68.4 cm³/mol. The monoisotopic (exact) mass is 274 g/mol. The van der Waals surface area contributed by atoms with E-state index >= 15 is 0 Å². The van der Waals surface area contributed by atoms with Gasteiger partial charge in [0.15, 0.2) is 0 Å². The molecule has 3 N–H and O–H groups in total. The van der Waals surface area contributed by atoms with Crippen LogP contribution in [-0.4, -0.2) is 14.5 Å². The van der Waals surface area contributed by atoms with Crippen LogP contribution in [0.2, 0.25) is 5.02 Å². The van der Waals surface area contributed by atoms with Gasteiger partial charge in [0.25, 0.3) is 0 Å². The lowest BCUT2D eigenvalue weighted by Gasteiger charge is -2.09. The van der Waals surface area contributed by atoms with Crippen molar-refractivity contribution in [2.45, 2.75) is 31.2 Å². The number of nitrogens with two attached hydrogens (primary N) is 1. The molecular weight excluding hydrogens is 260 g/mol. The second-order valence-corrected chi connectivity index (χ2v) is 7.17. The SMILES string of the molecule is CC1(C)CC1NS(=O)(=O)c1ccc(Cl)c(N)c1. The lowest BCUT2D eigenvalue weighted by atomic mass is 10.2. The zero-order valence-electron chi connectivity index (χ0n) is 9.70. The standard InChI is InChI=1S/C11H15ClN2O2S/c1-11(2)6-10(11)14-17(15,16)7-3-4-8(12)9(13)5-7/h3-5,10,14H,6,13H2,1-2H3. The maximum atomic E-state index is 12.0. The van der Waals surface area contributed by atoms with Crippen LogP contribution in [0.5, 0.6) is 0 Å². The van der Waals surface area contributed by atoms with Gasteiger partial charge in [0, 0.05) is 6.04 Å². The Kier molecular flexibility index (Phi) is 2.88. The molecule has 1 aliphatic carbocycles. The van der Waals surface area contributed by atoms with E-state index in [-0.39, 0.29) is 22.0 Å². The Balaban J connectivity index is 2.23. The molecule has 0 heterocycles. The van der Waals surface area contributed by atoms with Crippen LogP contribution in [0.3, 0.4) is 0 Å². The van der Waals surface area contributed by atoms with E-state index in [1.165, 1.54) is 18.2 Å². The number of halogens is 1. The minimum Gasteiger partial charge on any atom is -0.397 e. The largest absolute Gasteiger partial charge is 0.397 e. The Morgan fingerprint density at radius 2 is 2.06 bits per heavy atom. The van der Waals surface area contributed by atoms with Gasteiger partial charge in [0.2, 0.25) is 10.0 Å². The van der Waals surface area contributed by atoms with Crippen molar-refractivity contribution in [3.05, 3.63) is 23.2 Å². The molecule has 0 aliphatic heterocycles. The minimum atomic E-state index is -3.50. The van der Waals surface area contributed by atoms with Crippen molar-refractivity contribution in [3.63, 3.8) is 0 Å². The van der Waals surface area contributed by atoms with Gasteiger partial charge in [-0.15, -0.1) is 0 Å². The van der Waals surface area contributed by atoms with Crippen molar-refractivity contribution >= 4 is 27.3 Å². The Bertz CT molecular complexity index is 555. The fourth-order valence-electron chi connectivity index (χ4n) is 1.61. The van der Waals surface area contributed by atoms with Gasteiger partial charge in [0.1, 0.15) is 0 Å². The third-order valence-corrected chi connectivity index (χ3v) is 4.90. The first kappa shape index (κ1) is 12.7. The molecule has 1 aromatic carbocycles. The van der Waals surface area contributed by atoms with Gasteiger partial charge in [-0.2, -0.15) is 0 Å². The number of rotatable bonds is 3. The predicted octanol–water partition coefficient (Wildman–Crippen LogP) is 2.00. The summed E-state index contributed by atoms with van der Waals surface area (Å²) in [5.74, 6) is 0. The average molecular weight is 275 g/mol. The molecule has 1 aliphatic rings. The number of nitrogen functional groups attached to an aromatic ring is 1. The smallest absolute Gasteiger partial charge is 0.240 e. The Hall–Kier alpha value is -0.780. The summed E-state index contributed by atoms with van der Waals surface area (Å²) in [6.07, 6.45) is 0.856. The van der Waals surface area contributed by atoms with Crippen molar-refractivity contribution in [2.24, 2.45) is 5.41 Å². The summed E-state index contributed by atoms with van der Waals surface area (Å²) in [6, 6.07) is 4.32. The second kappa shape index (κ2) is 3.86. The lowest BCUT2D eigenvalue weighted by molar-refractivity contribution is 0.555. The summed E-state index contributed by atoms with van der Waals surface area (Å²) in [6.45, 7) is 4.05. The maximum Gasteiger partial charge on any atom is 0.240 e. The van der Waals surface area contributed by atoms with Crippen molar-refractivity contribution in [1.82, 2.24) is 4.72 Å². The van der Waals surface area contributed by atoms with E-state index in [0.717, 1.165) is 6.42 Å². The molecular formula is C11H15ClN2O2S. The van der Waals surface area contributed by atoms with E-state index in [1.807, 2.05) is 13.8 Å². The highest BCUT2D eigenvalue weighted by Gasteiger charge is 2.47. The summed E-state index contributed by atoms with van der Waals surface area (Å²) in [5.41, 5.74) is 5.91. The molecule has 2 rings (SSSR count). The van der Waals surface area contributed by atoms with Crippen molar-refractivity contribution < 1.29 is 8.42 Å². The fourth-order valence-corrected chi connectivity index (χ4v) is 3.17. The van der Waals surface area contributed by atoms with Crippen LogP contribution >= 0.6 is 11.6 Å². The van der Waals surface area contributed by atoms with Gasteiger partial charge < -0.3 is 5.73 Å². The van der Waals surface area contributed by atoms with Crippen molar-refractivity contribution in [1.29, 1.82) is 0 Å². The highest BCUT2D eigenvalue weighted by molar-refractivity contribution is 7.89. The molecule has 0 radical (unpaired) electrons. The normalized spacial score (nSPS) is 22.4. The molecule has 0 amide bonds. The summed E-state index contributed by atoms with van der Waals surface area (Å²) in [4.78, 5) is 0.155. The number of benzene rings is 1. The van der Waals surface area contributed by atoms with E-state index in [9.17, 15) is 8.42 Å². The van der Waals surface area contributed by atoms with E-state index in [0.29, 0.717) is 5.02 Å². The van der Waals surface area contributed by atoms with Gasteiger partial charge in [-0.05, 0) is 30.0 Å². The molecule has 0 bridgehead atoms. The second-order valence-electron chi connectivity index (χ2n) is 5.05. The molecule has 1 atom stereocenters. The highest BCUT2D eigenvalue weighted by atomic mass is 35.5. The van der Waals surface area contributed by atoms with Crippen LogP contribution in [-0.2, 0) is 10.0 Å². The van der Waals surface area contributed by atoms with E-state index in [1.54, 1.807) is 0 Å². The highest BCUT2D eigenvalue weighted by Crippen LogP contribution is 2.45.